The number of carboxylic acids is 1. The Balaban J connectivity index is 2.38. The number of halogens is 2. The van der Waals surface area contributed by atoms with E-state index in [2.05, 4.69) is 4.98 Å². The van der Waals surface area contributed by atoms with Crippen molar-refractivity contribution in [2.24, 2.45) is 0 Å². The molecule has 3 aromatic rings. The van der Waals surface area contributed by atoms with Crippen molar-refractivity contribution in [3.8, 4) is 11.3 Å². The van der Waals surface area contributed by atoms with Gasteiger partial charge in [-0.3, -0.25) is 4.98 Å². The Morgan fingerprint density at radius 2 is 1.76 bits per heavy atom. The van der Waals surface area contributed by atoms with Crippen molar-refractivity contribution in [1.82, 2.24) is 4.98 Å². The standard InChI is InChI=1S/C16H9F2NO2/c17-13-4-2-1-3-11(13)15-12-7-9(16(20)21)5-6-10(12)14(18)8-19-15/h1-8H,(H,20,21). The van der Waals surface area contributed by atoms with Crippen molar-refractivity contribution in [2.75, 3.05) is 0 Å². The Bertz CT molecular complexity index is 862. The van der Waals surface area contributed by atoms with Gasteiger partial charge in [0.15, 0.2) is 0 Å². The van der Waals surface area contributed by atoms with Gasteiger partial charge in [0.2, 0.25) is 0 Å². The number of aromatic nitrogens is 1. The van der Waals surface area contributed by atoms with Crippen LogP contribution in [0.15, 0.2) is 48.7 Å². The van der Waals surface area contributed by atoms with Gasteiger partial charge in [0.05, 0.1) is 17.5 Å². The summed E-state index contributed by atoms with van der Waals surface area (Å²) in [6.45, 7) is 0. The summed E-state index contributed by atoms with van der Waals surface area (Å²) in [4.78, 5) is 15.0. The molecule has 0 radical (unpaired) electrons. The van der Waals surface area contributed by atoms with Gasteiger partial charge in [-0.05, 0) is 24.3 Å². The first kappa shape index (κ1) is 13.2. The molecule has 0 unspecified atom stereocenters. The van der Waals surface area contributed by atoms with Crippen LogP contribution in [0, 0.1) is 11.6 Å². The van der Waals surface area contributed by atoms with Crippen LogP contribution in [0.2, 0.25) is 0 Å². The molecule has 0 fully saturated rings. The topological polar surface area (TPSA) is 50.2 Å². The van der Waals surface area contributed by atoms with Crippen LogP contribution in [0.5, 0.6) is 0 Å². The Kier molecular flexibility index (Phi) is 3.10. The number of pyridine rings is 1. The normalized spacial score (nSPS) is 10.8. The Morgan fingerprint density at radius 3 is 2.48 bits per heavy atom. The van der Waals surface area contributed by atoms with Crippen molar-refractivity contribution < 1.29 is 18.7 Å². The maximum atomic E-state index is 13.9. The summed E-state index contributed by atoms with van der Waals surface area (Å²) >= 11 is 0. The quantitative estimate of drug-likeness (QED) is 0.777. The minimum Gasteiger partial charge on any atom is -0.478 e. The maximum absolute atomic E-state index is 13.9. The lowest BCUT2D eigenvalue weighted by Crippen LogP contribution is -1.98. The maximum Gasteiger partial charge on any atom is 0.335 e. The lowest BCUT2D eigenvalue weighted by molar-refractivity contribution is 0.0697. The number of carbonyl (C=O) groups is 1. The summed E-state index contributed by atoms with van der Waals surface area (Å²) in [5, 5.41) is 9.51. The molecule has 0 bridgehead atoms. The molecular weight excluding hydrogens is 276 g/mol. The number of nitrogens with zero attached hydrogens (tertiary/aromatic N) is 1. The second-order valence-electron chi connectivity index (χ2n) is 4.50. The summed E-state index contributed by atoms with van der Waals surface area (Å²) in [7, 11) is 0. The van der Waals surface area contributed by atoms with Gasteiger partial charge < -0.3 is 5.11 Å². The van der Waals surface area contributed by atoms with Gasteiger partial charge in [0.1, 0.15) is 11.6 Å². The van der Waals surface area contributed by atoms with Crippen molar-refractivity contribution in [1.29, 1.82) is 0 Å². The molecule has 0 aliphatic rings. The molecule has 1 N–H and O–H groups in total. The Labute approximate surface area is 118 Å². The van der Waals surface area contributed by atoms with E-state index in [-0.39, 0.29) is 27.6 Å². The minimum atomic E-state index is -1.14. The molecule has 0 aliphatic carbocycles. The van der Waals surface area contributed by atoms with Gasteiger partial charge in [0, 0.05) is 16.3 Å². The lowest BCUT2D eigenvalue weighted by Gasteiger charge is -2.08. The van der Waals surface area contributed by atoms with Crippen molar-refractivity contribution in [3.63, 3.8) is 0 Å². The van der Waals surface area contributed by atoms with Gasteiger partial charge in [-0.1, -0.05) is 18.2 Å². The SMILES string of the molecule is O=C(O)c1ccc2c(F)cnc(-c3ccccc3F)c2c1. The van der Waals surface area contributed by atoms with E-state index in [1.165, 1.54) is 36.4 Å². The van der Waals surface area contributed by atoms with Gasteiger partial charge in [-0.2, -0.15) is 0 Å². The fourth-order valence-corrected chi connectivity index (χ4v) is 2.21. The van der Waals surface area contributed by atoms with E-state index >= 15 is 0 Å². The highest BCUT2D eigenvalue weighted by atomic mass is 19.1. The third-order valence-corrected chi connectivity index (χ3v) is 3.21. The van der Waals surface area contributed by atoms with Crippen LogP contribution in [0.4, 0.5) is 8.78 Å². The first-order valence-corrected chi connectivity index (χ1v) is 6.14. The van der Waals surface area contributed by atoms with Gasteiger partial charge in [-0.15, -0.1) is 0 Å². The zero-order valence-corrected chi connectivity index (χ0v) is 10.7. The molecule has 0 saturated carbocycles. The summed E-state index contributed by atoms with van der Waals surface area (Å²) in [5.74, 6) is -2.22. The third kappa shape index (κ3) is 2.23. The molecule has 0 atom stereocenters. The minimum absolute atomic E-state index is 0.00695. The first-order chi connectivity index (χ1) is 10.1. The third-order valence-electron chi connectivity index (χ3n) is 3.21. The molecule has 5 heteroatoms. The number of fused-ring (bicyclic) bond motifs is 1. The zero-order valence-electron chi connectivity index (χ0n) is 10.7. The fraction of sp³-hybridized carbons (Fsp3) is 0. The number of hydrogen-bond donors (Lipinski definition) is 1. The van der Waals surface area contributed by atoms with E-state index in [4.69, 9.17) is 5.11 Å². The number of rotatable bonds is 2. The summed E-state index contributed by atoms with van der Waals surface area (Å²) in [6, 6.07) is 9.92. The summed E-state index contributed by atoms with van der Waals surface area (Å²) in [6.07, 6.45) is 1.00. The van der Waals surface area contributed by atoms with E-state index in [0.717, 1.165) is 6.20 Å². The van der Waals surface area contributed by atoms with Crippen LogP contribution in [0.1, 0.15) is 10.4 Å². The van der Waals surface area contributed by atoms with Crippen molar-refractivity contribution >= 4 is 16.7 Å². The predicted octanol–water partition coefficient (Wildman–Crippen LogP) is 3.88. The van der Waals surface area contributed by atoms with Crippen LogP contribution < -0.4 is 0 Å². The number of carboxylic acid groups (broad SMARTS) is 1. The van der Waals surface area contributed by atoms with Crippen molar-refractivity contribution in [3.05, 3.63) is 65.9 Å². The molecule has 2 aromatic carbocycles. The van der Waals surface area contributed by atoms with E-state index in [1.807, 2.05) is 0 Å². The van der Waals surface area contributed by atoms with Gasteiger partial charge >= 0.3 is 5.97 Å². The monoisotopic (exact) mass is 285 g/mol. The molecule has 0 amide bonds. The van der Waals surface area contributed by atoms with Crippen LogP contribution in [-0.2, 0) is 0 Å². The number of aromatic carboxylic acids is 1. The average molecular weight is 285 g/mol. The Hall–Kier alpha value is -2.82. The molecule has 1 aromatic heterocycles. The molecular formula is C16H9F2NO2. The van der Waals surface area contributed by atoms with Crippen LogP contribution >= 0.6 is 0 Å². The summed E-state index contributed by atoms with van der Waals surface area (Å²) in [5.41, 5.74) is 0.408. The van der Waals surface area contributed by atoms with E-state index in [0.29, 0.717) is 0 Å². The van der Waals surface area contributed by atoms with E-state index in [9.17, 15) is 13.6 Å². The molecule has 0 spiro atoms. The van der Waals surface area contributed by atoms with E-state index in [1.54, 1.807) is 6.07 Å². The second kappa shape index (κ2) is 4.94. The molecule has 21 heavy (non-hydrogen) atoms. The molecule has 104 valence electrons. The zero-order chi connectivity index (χ0) is 15.0. The molecule has 3 nitrogen and oxygen atoms in total. The predicted molar refractivity (Wildman–Crippen MR) is 74.1 cm³/mol. The highest BCUT2D eigenvalue weighted by Crippen LogP contribution is 2.30. The molecule has 0 aliphatic heterocycles. The highest BCUT2D eigenvalue weighted by molar-refractivity contribution is 6.00. The van der Waals surface area contributed by atoms with Crippen LogP contribution in [0.3, 0.4) is 0 Å². The number of hydrogen-bond acceptors (Lipinski definition) is 2. The van der Waals surface area contributed by atoms with Crippen molar-refractivity contribution in [2.45, 2.75) is 0 Å². The average Bonchev–Trinajstić information content (AvgIpc) is 2.48. The largest absolute Gasteiger partial charge is 0.478 e. The van der Waals surface area contributed by atoms with Gasteiger partial charge in [-0.25, -0.2) is 13.6 Å². The molecule has 0 saturated heterocycles. The lowest BCUT2D eigenvalue weighted by atomic mass is 10.0. The second-order valence-corrected chi connectivity index (χ2v) is 4.50. The van der Waals surface area contributed by atoms with Gasteiger partial charge in [0.25, 0.3) is 0 Å². The Morgan fingerprint density at radius 1 is 1.00 bits per heavy atom. The molecule has 1 heterocycles. The van der Waals surface area contributed by atoms with Crippen LogP contribution in [0.25, 0.3) is 22.0 Å². The smallest absolute Gasteiger partial charge is 0.335 e. The van der Waals surface area contributed by atoms with E-state index < -0.39 is 17.6 Å². The molecule has 3 rings (SSSR count). The van der Waals surface area contributed by atoms with Crippen LogP contribution in [-0.4, -0.2) is 16.1 Å². The number of benzene rings is 2. The first-order valence-electron chi connectivity index (χ1n) is 6.14. The fourth-order valence-electron chi connectivity index (χ4n) is 2.21. The highest BCUT2D eigenvalue weighted by Gasteiger charge is 2.14. The summed E-state index contributed by atoms with van der Waals surface area (Å²) < 4.78 is 27.7.